The molecule has 0 rings (SSSR count). The zero-order chi connectivity index (χ0) is 12.8. The van der Waals surface area contributed by atoms with Crippen LogP contribution < -0.4 is 10.6 Å². The van der Waals surface area contributed by atoms with E-state index in [4.69, 9.17) is 5.11 Å². The lowest BCUT2D eigenvalue weighted by atomic mass is 10.0. The topological polar surface area (TPSA) is 78.4 Å². The Kier molecular flexibility index (Phi) is 6.03. The van der Waals surface area contributed by atoms with E-state index in [0.717, 1.165) is 6.42 Å². The van der Waals surface area contributed by atoms with Crippen LogP contribution in [-0.2, 0) is 9.59 Å². The molecule has 1 amide bonds. The average molecular weight is 230 g/mol. The zero-order valence-electron chi connectivity index (χ0n) is 10.5. The molecular weight excluding hydrogens is 208 g/mol. The first-order valence-corrected chi connectivity index (χ1v) is 5.64. The van der Waals surface area contributed by atoms with Crippen LogP contribution in [0.3, 0.4) is 0 Å². The summed E-state index contributed by atoms with van der Waals surface area (Å²) in [6, 6.07) is -0.796. The molecule has 5 heteroatoms. The van der Waals surface area contributed by atoms with Crippen molar-refractivity contribution in [2.75, 3.05) is 6.54 Å². The molecule has 5 nitrogen and oxygen atoms in total. The minimum atomic E-state index is -0.984. The molecule has 0 saturated heterocycles. The summed E-state index contributed by atoms with van der Waals surface area (Å²) in [5.41, 5.74) is -0.740. The molecule has 0 spiro atoms. The standard InChI is InChI=1S/C11H22N2O3/c1-5-7-8(9(14)15)13-10(16)11(3,4)12-6-2/h8,12H,5-7H2,1-4H3,(H,13,16)(H,14,15)/t8-/m0/s1. The molecule has 3 N–H and O–H groups in total. The second kappa shape index (κ2) is 6.48. The number of rotatable bonds is 7. The number of hydrogen-bond acceptors (Lipinski definition) is 3. The molecule has 0 radical (unpaired) electrons. The molecule has 0 aromatic rings. The van der Waals surface area contributed by atoms with E-state index in [-0.39, 0.29) is 5.91 Å². The van der Waals surface area contributed by atoms with Crippen molar-refractivity contribution in [2.45, 2.75) is 52.1 Å². The van der Waals surface area contributed by atoms with Crippen LogP contribution in [0.2, 0.25) is 0 Å². The fourth-order valence-electron chi connectivity index (χ4n) is 1.41. The maximum atomic E-state index is 11.8. The van der Waals surface area contributed by atoms with Crippen molar-refractivity contribution in [2.24, 2.45) is 0 Å². The lowest BCUT2D eigenvalue weighted by Gasteiger charge is -2.26. The summed E-state index contributed by atoms with van der Waals surface area (Å²) in [6.07, 6.45) is 1.17. The highest BCUT2D eigenvalue weighted by molar-refractivity contribution is 5.89. The van der Waals surface area contributed by atoms with Crippen LogP contribution in [0.25, 0.3) is 0 Å². The summed E-state index contributed by atoms with van der Waals surface area (Å²) < 4.78 is 0. The largest absolute Gasteiger partial charge is 0.480 e. The fourth-order valence-corrected chi connectivity index (χ4v) is 1.41. The number of aliphatic carboxylic acids is 1. The summed E-state index contributed by atoms with van der Waals surface area (Å²) in [6.45, 7) is 7.91. The fraction of sp³-hybridized carbons (Fsp3) is 0.818. The Morgan fingerprint density at radius 2 is 1.88 bits per heavy atom. The summed E-state index contributed by atoms with van der Waals surface area (Å²) >= 11 is 0. The van der Waals surface area contributed by atoms with E-state index in [0.29, 0.717) is 13.0 Å². The van der Waals surface area contributed by atoms with E-state index in [1.54, 1.807) is 13.8 Å². The second-order valence-corrected chi connectivity index (χ2v) is 4.31. The highest BCUT2D eigenvalue weighted by Crippen LogP contribution is 2.04. The molecule has 1 atom stereocenters. The Morgan fingerprint density at radius 1 is 1.31 bits per heavy atom. The quantitative estimate of drug-likeness (QED) is 0.603. The monoisotopic (exact) mass is 230 g/mol. The molecule has 0 aliphatic heterocycles. The predicted octanol–water partition coefficient (Wildman–Crippen LogP) is 0.744. The van der Waals surface area contributed by atoms with Crippen LogP contribution in [-0.4, -0.2) is 35.1 Å². The number of amides is 1. The van der Waals surface area contributed by atoms with Crippen molar-refractivity contribution in [1.82, 2.24) is 10.6 Å². The highest BCUT2D eigenvalue weighted by atomic mass is 16.4. The third-order valence-electron chi connectivity index (χ3n) is 2.37. The molecule has 0 aliphatic carbocycles. The molecule has 16 heavy (non-hydrogen) atoms. The van der Waals surface area contributed by atoms with Gasteiger partial charge in [-0.15, -0.1) is 0 Å². The maximum Gasteiger partial charge on any atom is 0.326 e. The van der Waals surface area contributed by atoms with Crippen molar-refractivity contribution in [3.63, 3.8) is 0 Å². The van der Waals surface area contributed by atoms with E-state index < -0.39 is 17.6 Å². The van der Waals surface area contributed by atoms with E-state index in [9.17, 15) is 9.59 Å². The molecule has 0 aromatic carbocycles. The molecule has 94 valence electrons. The third kappa shape index (κ3) is 4.61. The smallest absolute Gasteiger partial charge is 0.326 e. The van der Waals surface area contributed by atoms with Gasteiger partial charge in [-0.1, -0.05) is 20.3 Å². The highest BCUT2D eigenvalue weighted by Gasteiger charge is 2.29. The van der Waals surface area contributed by atoms with Crippen LogP contribution in [0.15, 0.2) is 0 Å². The number of nitrogens with one attached hydrogen (secondary N) is 2. The first-order chi connectivity index (χ1) is 7.35. The van der Waals surface area contributed by atoms with Gasteiger partial charge in [0.2, 0.25) is 5.91 Å². The van der Waals surface area contributed by atoms with Gasteiger partial charge in [-0.2, -0.15) is 0 Å². The predicted molar refractivity (Wildman–Crippen MR) is 62.2 cm³/mol. The second-order valence-electron chi connectivity index (χ2n) is 4.31. The number of likely N-dealkylation sites (N-methyl/N-ethyl adjacent to an activating group) is 1. The molecule has 0 heterocycles. The van der Waals surface area contributed by atoms with Gasteiger partial charge in [-0.05, 0) is 26.8 Å². The van der Waals surface area contributed by atoms with Crippen molar-refractivity contribution < 1.29 is 14.7 Å². The van der Waals surface area contributed by atoms with Crippen molar-refractivity contribution >= 4 is 11.9 Å². The first kappa shape index (κ1) is 14.9. The average Bonchev–Trinajstić information content (AvgIpc) is 2.16. The molecule has 0 aliphatic rings. The summed E-state index contributed by atoms with van der Waals surface area (Å²) in [7, 11) is 0. The Hall–Kier alpha value is -1.10. The van der Waals surface area contributed by atoms with Crippen molar-refractivity contribution in [3.05, 3.63) is 0 Å². The van der Waals surface area contributed by atoms with Crippen LogP contribution in [0.5, 0.6) is 0 Å². The van der Waals surface area contributed by atoms with E-state index in [1.807, 2.05) is 13.8 Å². The summed E-state index contributed by atoms with van der Waals surface area (Å²) in [4.78, 5) is 22.7. The van der Waals surface area contributed by atoms with Crippen LogP contribution >= 0.6 is 0 Å². The van der Waals surface area contributed by atoms with Crippen LogP contribution in [0, 0.1) is 0 Å². The van der Waals surface area contributed by atoms with E-state index in [2.05, 4.69) is 10.6 Å². The summed E-state index contributed by atoms with van der Waals surface area (Å²) in [5.74, 6) is -1.27. The number of carbonyl (C=O) groups excluding carboxylic acids is 1. The number of carbonyl (C=O) groups is 2. The van der Waals surface area contributed by atoms with E-state index in [1.165, 1.54) is 0 Å². The first-order valence-electron chi connectivity index (χ1n) is 5.64. The van der Waals surface area contributed by atoms with Gasteiger partial charge in [0.05, 0.1) is 5.54 Å². The van der Waals surface area contributed by atoms with Gasteiger partial charge in [0, 0.05) is 0 Å². The Labute approximate surface area is 96.6 Å². The van der Waals surface area contributed by atoms with Crippen LogP contribution in [0.1, 0.15) is 40.5 Å². The van der Waals surface area contributed by atoms with Crippen LogP contribution in [0.4, 0.5) is 0 Å². The third-order valence-corrected chi connectivity index (χ3v) is 2.37. The summed E-state index contributed by atoms with van der Waals surface area (Å²) in [5, 5.41) is 14.5. The van der Waals surface area contributed by atoms with Gasteiger partial charge in [0.15, 0.2) is 0 Å². The Bertz CT molecular complexity index is 252. The van der Waals surface area contributed by atoms with Crippen molar-refractivity contribution in [3.8, 4) is 0 Å². The lowest BCUT2D eigenvalue weighted by molar-refractivity contribution is -0.142. The lowest BCUT2D eigenvalue weighted by Crippen LogP contribution is -2.56. The van der Waals surface area contributed by atoms with Gasteiger partial charge < -0.3 is 15.7 Å². The Balaban J connectivity index is 4.44. The maximum absolute atomic E-state index is 11.8. The molecule has 0 fully saturated rings. The van der Waals surface area contributed by atoms with E-state index >= 15 is 0 Å². The van der Waals surface area contributed by atoms with Crippen molar-refractivity contribution in [1.29, 1.82) is 0 Å². The van der Waals surface area contributed by atoms with Gasteiger partial charge >= 0.3 is 5.97 Å². The van der Waals surface area contributed by atoms with Gasteiger partial charge in [0.1, 0.15) is 6.04 Å². The molecule has 0 bridgehead atoms. The normalized spacial score (nSPS) is 13.2. The number of hydrogen-bond donors (Lipinski definition) is 3. The van der Waals surface area contributed by atoms with Gasteiger partial charge in [-0.25, -0.2) is 4.79 Å². The molecule has 0 unspecified atom stereocenters. The molecular formula is C11H22N2O3. The van der Waals surface area contributed by atoms with Gasteiger partial charge in [-0.3, -0.25) is 4.79 Å². The minimum absolute atomic E-state index is 0.282. The SMILES string of the molecule is CCC[C@H](NC(=O)C(C)(C)NCC)C(=O)O. The van der Waals surface area contributed by atoms with Gasteiger partial charge in [0.25, 0.3) is 0 Å². The minimum Gasteiger partial charge on any atom is -0.480 e. The number of carboxylic acid groups (broad SMARTS) is 1. The molecule has 0 aromatic heterocycles. The molecule has 0 saturated carbocycles. The number of carboxylic acids is 1. The zero-order valence-corrected chi connectivity index (χ0v) is 10.5. The Morgan fingerprint density at radius 3 is 2.25 bits per heavy atom.